The van der Waals surface area contributed by atoms with Gasteiger partial charge in [0.15, 0.2) is 11.5 Å². The van der Waals surface area contributed by atoms with Crippen LogP contribution in [0.1, 0.15) is 27.8 Å². The van der Waals surface area contributed by atoms with E-state index in [0.29, 0.717) is 32.9 Å². The average molecular weight is 445 g/mol. The van der Waals surface area contributed by atoms with Gasteiger partial charge in [-0.25, -0.2) is 0 Å². The maximum absolute atomic E-state index is 12.4. The predicted molar refractivity (Wildman–Crippen MR) is 115 cm³/mol. The zero-order valence-electron chi connectivity index (χ0n) is 16.0. The molecule has 1 saturated heterocycles. The number of amides is 2. The van der Waals surface area contributed by atoms with Gasteiger partial charge in [-0.3, -0.25) is 9.59 Å². The lowest BCUT2D eigenvalue weighted by Gasteiger charge is -2.37. The largest absolute Gasteiger partial charge is 0.364 e. The Morgan fingerprint density at radius 3 is 2.27 bits per heavy atom. The van der Waals surface area contributed by atoms with Gasteiger partial charge in [0.25, 0.3) is 11.8 Å². The second-order valence-electron chi connectivity index (χ2n) is 7.14. The van der Waals surface area contributed by atoms with E-state index in [4.69, 9.17) is 28.9 Å². The summed E-state index contributed by atoms with van der Waals surface area (Å²) in [4.78, 5) is 27.2. The van der Waals surface area contributed by atoms with Gasteiger partial charge in [-0.2, -0.15) is 0 Å². The van der Waals surface area contributed by atoms with Crippen molar-refractivity contribution in [2.75, 3.05) is 18.4 Å². The molecule has 0 unspecified atom stereocenters. The molecule has 3 N–H and O–H groups in total. The molecule has 8 nitrogen and oxygen atoms in total. The summed E-state index contributed by atoms with van der Waals surface area (Å²) in [6.45, 7) is 3.65. The van der Waals surface area contributed by atoms with Crippen LogP contribution in [-0.4, -0.2) is 44.8 Å². The van der Waals surface area contributed by atoms with Crippen LogP contribution >= 0.6 is 23.2 Å². The van der Waals surface area contributed by atoms with E-state index in [2.05, 4.69) is 22.4 Å². The first-order chi connectivity index (χ1) is 14.3. The van der Waals surface area contributed by atoms with E-state index in [1.54, 1.807) is 47.4 Å². The first-order valence-corrected chi connectivity index (χ1v) is 9.97. The molecular formula is C20H18Cl2N6O2. The summed E-state index contributed by atoms with van der Waals surface area (Å²) in [7, 11) is 0. The Labute approximate surface area is 182 Å². The molecule has 0 saturated carbocycles. The number of aromatic nitrogens is 3. The maximum atomic E-state index is 12.4. The van der Waals surface area contributed by atoms with Crippen molar-refractivity contribution < 1.29 is 9.59 Å². The SMILES string of the molecule is CC1CN(C(=O)c2ccc(Nc3nn(-c4c(Cl)cccc4Cl)nc3C(N)=O)cc2)C1. The van der Waals surface area contributed by atoms with Gasteiger partial charge in [0.05, 0.1) is 10.0 Å². The van der Waals surface area contributed by atoms with Crippen LogP contribution in [-0.2, 0) is 0 Å². The Hall–Kier alpha value is -3.10. The smallest absolute Gasteiger partial charge is 0.273 e. The van der Waals surface area contributed by atoms with Crippen molar-refractivity contribution >= 4 is 46.5 Å². The van der Waals surface area contributed by atoms with E-state index < -0.39 is 5.91 Å². The van der Waals surface area contributed by atoms with Crippen LogP contribution in [0.3, 0.4) is 0 Å². The first kappa shape index (κ1) is 20.2. The molecule has 1 aliphatic rings. The summed E-state index contributed by atoms with van der Waals surface area (Å²) in [5.74, 6) is -0.0760. The summed E-state index contributed by atoms with van der Waals surface area (Å²) in [6, 6.07) is 11.8. The fourth-order valence-electron chi connectivity index (χ4n) is 3.22. The Bertz CT molecular complexity index is 1100. The fraction of sp³-hybridized carbons (Fsp3) is 0.200. The number of likely N-dealkylation sites (tertiary alicyclic amines) is 1. The summed E-state index contributed by atoms with van der Waals surface area (Å²) >= 11 is 12.4. The van der Waals surface area contributed by atoms with Crippen molar-refractivity contribution in [3.05, 3.63) is 63.8 Å². The number of carbonyl (C=O) groups excluding carboxylic acids is 2. The molecule has 1 fully saturated rings. The van der Waals surface area contributed by atoms with Crippen molar-refractivity contribution in [2.45, 2.75) is 6.92 Å². The van der Waals surface area contributed by atoms with Crippen LogP contribution in [0.15, 0.2) is 42.5 Å². The number of nitrogens with two attached hydrogens (primary N) is 1. The highest BCUT2D eigenvalue weighted by molar-refractivity contribution is 6.37. The van der Waals surface area contributed by atoms with Gasteiger partial charge >= 0.3 is 0 Å². The standard InChI is InChI=1S/C20H18Cl2N6O2/c1-11-9-27(10-11)20(30)12-5-7-13(8-6-12)24-19-16(18(23)29)25-28(26-19)17-14(21)3-2-4-15(17)22/h2-8,11H,9-10H2,1H3,(H2,23,29)(H,24,26). The number of para-hydroxylation sites is 1. The Balaban J connectivity index is 1.59. The summed E-state index contributed by atoms with van der Waals surface area (Å²) in [5.41, 5.74) is 6.93. The molecule has 154 valence electrons. The van der Waals surface area contributed by atoms with E-state index in [1.807, 2.05) is 0 Å². The maximum Gasteiger partial charge on any atom is 0.273 e. The van der Waals surface area contributed by atoms with E-state index in [0.717, 1.165) is 17.9 Å². The Kier molecular flexibility index (Phi) is 5.36. The third-order valence-electron chi connectivity index (χ3n) is 4.73. The highest BCUT2D eigenvalue weighted by Crippen LogP contribution is 2.29. The van der Waals surface area contributed by atoms with Crippen molar-refractivity contribution in [1.29, 1.82) is 0 Å². The van der Waals surface area contributed by atoms with E-state index in [-0.39, 0.29) is 17.4 Å². The second-order valence-corrected chi connectivity index (χ2v) is 7.95. The molecule has 1 aromatic heterocycles. The van der Waals surface area contributed by atoms with E-state index >= 15 is 0 Å². The van der Waals surface area contributed by atoms with Gasteiger partial charge < -0.3 is 16.0 Å². The zero-order chi connectivity index (χ0) is 21.4. The highest BCUT2D eigenvalue weighted by Gasteiger charge is 2.27. The molecule has 0 atom stereocenters. The molecule has 4 rings (SSSR count). The Morgan fingerprint density at radius 1 is 1.07 bits per heavy atom. The minimum atomic E-state index is -0.759. The molecule has 2 aromatic carbocycles. The Morgan fingerprint density at radius 2 is 1.70 bits per heavy atom. The van der Waals surface area contributed by atoms with E-state index in [1.165, 1.54) is 0 Å². The molecule has 0 spiro atoms. The molecular weight excluding hydrogens is 427 g/mol. The van der Waals surface area contributed by atoms with Crippen molar-refractivity contribution in [2.24, 2.45) is 11.7 Å². The van der Waals surface area contributed by atoms with Gasteiger partial charge in [0.1, 0.15) is 5.69 Å². The molecule has 2 heterocycles. The molecule has 0 radical (unpaired) electrons. The van der Waals surface area contributed by atoms with Gasteiger partial charge in [0, 0.05) is 24.3 Å². The van der Waals surface area contributed by atoms with Gasteiger partial charge in [-0.05, 0) is 42.3 Å². The lowest BCUT2D eigenvalue weighted by Crippen LogP contribution is -2.48. The fourth-order valence-corrected chi connectivity index (χ4v) is 3.77. The third kappa shape index (κ3) is 3.83. The summed E-state index contributed by atoms with van der Waals surface area (Å²) in [5, 5.41) is 12.1. The van der Waals surface area contributed by atoms with Crippen LogP contribution in [0.25, 0.3) is 5.69 Å². The first-order valence-electron chi connectivity index (χ1n) is 9.21. The number of hydrogen-bond acceptors (Lipinski definition) is 5. The van der Waals surface area contributed by atoms with Crippen molar-refractivity contribution in [1.82, 2.24) is 19.9 Å². The highest BCUT2D eigenvalue weighted by atomic mass is 35.5. The molecule has 1 aliphatic heterocycles. The lowest BCUT2D eigenvalue weighted by atomic mass is 10.0. The summed E-state index contributed by atoms with van der Waals surface area (Å²) in [6.07, 6.45) is 0. The van der Waals surface area contributed by atoms with Crippen LogP contribution in [0.5, 0.6) is 0 Å². The van der Waals surface area contributed by atoms with Crippen molar-refractivity contribution in [3.8, 4) is 5.69 Å². The molecule has 10 heteroatoms. The minimum Gasteiger partial charge on any atom is -0.364 e. The zero-order valence-corrected chi connectivity index (χ0v) is 17.5. The van der Waals surface area contributed by atoms with Crippen LogP contribution in [0, 0.1) is 5.92 Å². The predicted octanol–water partition coefficient (Wildman–Crippen LogP) is 3.51. The summed E-state index contributed by atoms with van der Waals surface area (Å²) < 4.78 is 0. The number of benzene rings is 2. The molecule has 0 bridgehead atoms. The lowest BCUT2D eigenvalue weighted by molar-refractivity contribution is 0.0530. The van der Waals surface area contributed by atoms with Crippen molar-refractivity contribution in [3.63, 3.8) is 0 Å². The number of halogens is 2. The number of nitrogens with one attached hydrogen (secondary N) is 1. The number of nitrogens with zero attached hydrogens (tertiary/aromatic N) is 4. The van der Waals surface area contributed by atoms with Gasteiger partial charge in [0.2, 0.25) is 0 Å². The monoisotopic (exact) mass is 444 g/mol. The molecule has 3 aromatic rings. The number of hydrogen-bond donors (Lipinski definition) is 2. The third-order valence-corrected chi connectivity index (χ3v) is 5.34. The minimum absolute atomic E-state index is 0.00298. The van der Waals surface area contributed by atoms with E-state index in [9.17, 15) is 9.59 Å². The molecule has 2 amide bonds. The quantitative estimate of drug-likeness (QED) is 0.625. The van der Waals surface area contributed by atoms with Crippen LogP contribution < -0.4 is 11.1 Å². The van der Waals surface area contributed by atoms with Gasteiger partial charge in [-0.15, -0.1) is 15.0 Å². The molecule has 0 aliphatic carbocycles. The second kappa shape index (κ2) is 7.97. The number of primary amides is 1. The topological polar surface area (TPSA) is 106 Å². The normalized spacial score (nSPS) is 13.8. The molecule has 30 heavy (non-hydrogen) atoms. The van der Waals surface area contributed by atoms with Crippen LogP contribution in [0.2, 0.25) is 10.0 Å². The number of anilines is 2. The number of rotatable bonds is 5. The average Bonchev–Trinajstić information content (AvgIpc) is 3.09. The van der Waals surface area contributed by atoms with Gasteiger partial charge in [-0.1, -0.05) is 36.2 Å². The van der Waals surface area contributed by atoms with Crippen LogP contribution in [0.4, 0.5) is 11.5 Å². The number of carbonyl (C=O) groups is 2.